The smallest absolute Gasteiger partial charge is 0.338 e. The quantitative estimate of drug-likeness (QED) is 0.504. The predicted octanol–water partition coefficient (Wildman–Crippen LogP) is 5.50. The van der Waals surface area contributed by atoms with Crippen LogP contribution in [0, 0.1) is 13.8 Å². The van der Waals surface area contributed by atoms with E-state index in [1.54, 1.807) is 0 Å². The predicted molar refractivity (Wildman–Crippen MR) is 110 cm³/mol. The molecule has 2 heterocycles. The molecule has 2 aromatic carbocycles. The number of carboxylic acids is 1. The third kappa shape index (κ3) is 3.25. The maximum atomic E-state index is 12.1. The molecule has 1 N–H and O–H groups in total. The van der Waals surface area contributed by atoms with Crippen LogP contribution in [0.15, 0.2) is 73.1 Å². The fourth-order valence-electron chi connectivity index (χ4n) is 3.63. The second kappa shape index (κ2) is 7.24. The van der Waals surface area contributed by atoms with E-state index in [0.717, 1.165) is 22.3 Å². The van der Waals surface area contributed by atoms with Crippen LogP contribution >= 0.6 is 0 Å². The Kier molecular flexibility index (Phi) is 4.62. The van der Waals surface area contributed by atoms with Gasteiger partial charge in [-0.25, -0.2) is 4.79 Å². The summed E-state index contributed by atoms with van der Waals surface area (Å²) in [7, 11) is 0. The number of carbonyl (C=O) groups is 1. The van der Waals surface area contributed by atoms with E-state index in [1.807, 2.05) is 85.2 Å². The van der Waals surface area contributed by atoms with E-state index in [0.29, 0.717) is 23.4 Å². The molecule has 0 unspecified atom stereocenters. The van der Waals surface area contributed by atoms with Gasteiger partial charge in [-0.05, 0) is 48.7 Å². The minimum atomic E-state index is -0.947. The van der Waals surface area contributed by atoms with E-state index in [-0.39, 0.29) is 5.56 Å². The molecule has 0 saturated carbocycles. The molecule has 0 saturated heterocycles. The highest BCUT2D eigenvalue weighted by atomic mass is 16.5. The fraction of sp³-hybridized carbons (Fsp3) is 0.125. The van der Waals surface area contributed by atoms with Crippen LogP contribution in [0.2, 0.25) is 0 Å². The first-order chi connectivity index (χ1) is 13.5. The molecule has 0 aliphatic heterocycles. The van der Waals surface area contributed by atoms with Crippen molar-refractivity contribution < 1.29 is 14.6 Å². The van der Waals surface area contributed by atoms with Crippen LogP contribution in [-0.2, 0) is 6.61 Å². The molecule has 140 valence electrons. The van der Waals surface area contributed by atoms with E-state index in [4.69, 9.17) is 4.74 Å². The summed E-state index contributed by atoms with van der Waals surface area (Å²) in [6.45, 7) is 4.42. The number of aromatic nitrogens is 1. The topological polar surface area (TPSA) is 50.9 Å². The SMILES string of the molecule is Cc1cc(C)c(OCc2ccccc2)c(-c2cn3ccccc3c2C(=O)O)c1. The Morgan fingerprint density at radius 1 is 1.00 bits per heavy atom. The summed E-state index contributed by atoms with van der Waals surface area (Å²) in [4.78, 5) is 12.1. The first-order valence-electron chi connectivity index (χ1n) is 9.16. The standard InChI is InChI=1S/C24H21NO3/c1-16-12-17(2)23(28-15-18-8-4-3-5-9-18)19(13-16)20-14-25-11-7-6-10-21(25)22(20)24(26)27/h3-14H,15H2,1-2H3,(H,26,27). The molecule has 0 fully saturated rings. The molecule has 4 rings (SSSR count). The van der Waals surface area contributed by atoms with Crippen LogP contribution in [0.5, 0.6) is 5.75 Å². The van der Waals surface area contributed by atoms with Gasteiger partial charge in [-0.2, -0.15) is 0 Å². The summed E-state index contributed by atoms with van der Waals surface area (Å²) in [6.07, 6.45) is 3.72. The Bertz CT molecular complexity index is 1160. The first kappa shape index (κ1) is 17.9. The summed E-state index contributed by atoms with van der Waals surface area (Å²) in [5.41, 5.74) is 5.52. The molecule has 0 bridgehead atoms. The molecule has 4 aromatic rings. The number of hydrogen-bond acceptors (Lipinski definition) is 2. The van der Waals surface area contributed by atoms with Crippen LogP contribution in [0.3, 0.4) is 0 Å². The number of pyridine rings is 1. The summed E-state index contributed by atoms with van der Waals surface area (Å²) >= 11 is 0. The van der Waals surface area contributed by atoms with Gasteiger partial charge in [0.2, 0.25) is 0 Å². The van der Waals surface area contributed by atoms with Crippen LogP contribution in [-0.4, -0.2) is 15.5 Å². The largest absolute Gasteiger partial charge is 0.488 e. The lowest BCUT2D eigenvalue weighted by Gasteiger charge is -2.15. The van der Waals surface area contributed by atoms with Crippen molar-refractivity contribution >= 4 is 11.5 Å². The minimum absolute atomic E-state index is 0.287. The maximum absolute atomic E-state index is 12.1. The molecule has 28 heavy (non-hydrogen) atoms. The highest BCUT2D eigenvalue weighted by Crippen LogP contribution is 2.38. The van der Waals surface area contributed by atoms with E-state index in [1.165, 1.54) is 0 Å². The van der Waals surface area contributed by atoms with Gasteiger partial charge in [0.1, 0.15) is 12.4 Å². The number of carboxylic acid groups (broad SMARTS) is 1. The van der Waals surface area contributed by atoms with Crippen molar-refractivity contribution in [2.45, 2.75) is 20.5 Å². The zero-order chi connectivity index (χ0) is 19.7. The van der Waals surface area contributed by atoms with Gasteiger partial charge in [0, 0.05) is 23.5 Å². The highest BCUT2D eigenvalue weighted by molar-refractivity contribution is 6.04. The third-order valence-electron chi connectivity index (χ3n) is 4.83. The zero-order valence-electron chi connectivity index (χ0n) is 15.8. The van der Waals surface area contributed by atoms with E-state index in [2.05, 4.69) is 6.07 Å². The van der Waals surface area contributed by atoms with Crippen molar-refractivity contribution in [3.8, 4) is 16.9 Å². The minimum Gasteiger partial charge on any atom is -0.488 e. The molecule has 0 atom stereocenters. The van der Waals surface area contributed by atoms with Gasteiger partial charge in [-0.15, -0.1) is 0 Å². The average Bonchev–Trinajstić information content (AvgIpc) is 3.07. The summed E-state index contributed by atoms with van der Waals surface area (Å²) in [6, 6.07) is 19.6. The first-order valence-corrected chi connectivity index (χ1v) is 9.16. The summed E-state index contributed by atoms with van der Waals surface area (Å²) in [5, 5.41) is 9.90. The molecule has 4 nitrogen and oxygen atoms in total. The number of nitrogens with zero attached hydrogens (tertiary/aromatic N) is 1. The molecule has 0 radical (unpaired) electrons. The van der Waals surface area contributed by atoms with Crippen molar-refractivity contribution in [3.63, 3.8) is 0 Å². The Morgan fingerprint density at radius 3 is 2.50 bits per heavy atom. The molecule has 0 aliphatic carbocycles. The van der Waals surface area contributed by atoms with Crippen molar-refractivity contribution in [2.75, 3.05) is 0 Å². The van der Waals surface area contributed by atoms with Crippen molar-refractivity contribution in [1.82, 2.24) is 4.40 Å². The number of fused-ring (bicyclic) bond motifs is 1. The van der Waals surface area contributed by atoms with E-state index in [9.17, 15) is 9.90 Å². The second-order valence-electron chi connectivity index (χ2n) is 6.95. The Balaban J connectivity index is 1.87. The molecule has 0 spiro atoms. The van der Waals surface area contributed by atoms with E-state index < -0.39 is 5.97 Å². The Hall–Kier alpha value is -3.53. The molecule has 0 amide bonds. The normalized spacial score (nSPS) is 10.9. The van der Waals surface area contributed by atoms with Crippen LogP contribution in [0.1, 0.15) is 27.0 Å². The second-order valence-corrected chi connectivity index (χ2v) is 6.95. The molecule has 2 aromatic heterocycles. The third-order valence-corrected chi connectivity index (χ3v) is 4.83. The number of aromatic carboxylic acids is 1. The summed E-state index contributed by atoms with van der Waals surface area (Å²) < 4.78 is 8.04. The van der Waals surface area contributed by atoms with Gasteiger partial charge >= 0.3 is 5.97 Å². The fourth-order valence-corrected chi connectivity index (χ4v) is 3.63. The lowest BCUT2D eigenvalue weighted by molar-refractivity contribution is 0.0700. The van der Waals surface area contributed by atoms with Gasteiger partial charge in [0.05, 0.1) is 11.1 Å². The Morgan fingerprint density at radius 2 is 1.75 bits per heavy atom. The zero-order valence-corrected chi connectivity index (χ0v) is 15.8. The summed E-state index contributed by atoms with van der Waals surface area (Å²) in [5.74, 6) is -0.232. The molecular weight excluding hydrogens is 350 g/mol. The average molecular weight is 371 g/mol. The number of benzene rings is 2. The van der Waals surface area contributed by atoms with Crippen LogP contribution in [0.4, 0.5) is 0 Å². The number of ether oxygens (including phenoxy) is 1. The van der Waals surface area contributed by atoms with Gasteiger partial charge in [-0.1, -0.05) is 42.5 Å². The van der Waals surface area contributed by atoms with E-state index >= 15 is 0 Å². The molecular formula is C24H21NO3. The van der Waals surface area contributed by atoms with Crippen molar-refractivity contribution in [2.24, 2.45) is 0 Å². The molecule has 0 aliphatic rings. The lowest BCUT2D eigenvalue weighted by Crippen LogP contribution is -2.02. The Labute approximate surface area is 163 Å². The maximum Gasteiger partial charge on any atom is 0.338 e. The van der Waals surface area contributed by atoms with Gasteiger partial charge in [0.25, 0.3) is 0 Å². The number of rotatable bonds is 5. The van der Waals surface area contributed by atoms with Gasteiger partial charge in [-0.3, -0.25) is 0 Å². The number of hydrogen-bond donors (Lipinski definition) is 1. The van der Waals surface area contributed by atoms with Crippen molar-refractivity contribution in [3.05, 3.63) is 95.3 Å². The van der Waals surface area contributed by atoms with Crippen LogP contribution < -0.4 is 4.74 Å². The monoisotopic (exact) mass is 371 g/mol. The number of aryl methyl sites for hydroxylation is 2. The van der Waals surface area contributed by atoms with Crippen LogP contribution in [0.25, 0.3) is 16.6 Å². The highest BCUT2D eigenvalue weighted by Gasteiger charge is 2.22. The van der Waals surface area contributed by atoms with Gasteiger partial charge in [0.15, 0.2) is 0 Å². The van der Waals surface area contributed by atoms with Crippen molar-refractivity contribution in [1.29, 1.82) is 0 Å². The lowest BCUT2D eigenvalue weighted by atomic mass is 9.97. The molecule has 4 heteroatoms. The van der Waals surface area contributed by atoms with Gasteiger partial charge < -0.3 is 14.2 Å².